The highest BCUT2D eigenvalue weighted by atomic mass is 32.1. The minimum atomic E-state index is 0.818. The van der Waals surface area contributed by atoms with Gasteiger partial charge in [0.2, 0.25) is 0 Å². The first-order chi connectivity index (χ1) is 8.88. The first-order valence-corrected chi connectivity index (χ1v) is 6.87. The molecule has 0 aliphatic carbocycles. The molecule has 0 aliphatic heterocycles. The zero-order valence-corrected chi connectivity index (χ0v) is 11.0. The van der Waals surface area contributed by atoms with Crippen molar-refractivity contribution in [2.75, 3.05) is 5.32 Å². The Morgan fingerprint density at radius 2 is 2.28 bits per heavy atom. The lowest BCUT2D eigenvalue weighted by atomic mass is 10.2. The number of rotatable bonds is 4. The highest BCUT2D eigenvalue weighted by molar-refractivity contribution is 7.10. The molecule has 0 saturated heterocycles. The van der Waals surface area contributed by atoms with Gasteiger partial charge in [-0.1, -0.05) is 6.92 Å². The smallest absolute Gasteiger partial charge is 0.139 e. The van der Waals surface area contributed by atoms with Crippen molar-refractivity contribution in [1.82, 2.24) is 4.98 Å². The molecule has 3 rings (SSSR count). The van der Waals surface area contributed by atoms with Crippen LogP contribution in [0.5, 0.6) is 0 Å². The summed E-state index contributed by atoms with van der Waals surface area (Å²) in [4.78, 5) is 5.74. The molecule has 18 heavy (non-hydrogen) atoms. The molecule has 0 bridgehead atoms. The molecule has 0 aromatic carbocycles. The molecule has 0 radical (unpaired) electrons. The average Bonchev–Trinajstić information content (AvgIpc) is 3.04. The Bertz CT molecular complexity index is 656. The highest BCUT2D eigenvalue weighted by Gasteiger charge is 2.06. The molecule has 0 atom stereocenters. The zero-order valence-electron chi connectivity index (χ0n) is 10.1. The number of anilines is 1. The molecule has 3 heterocycles. The topological polar surface area (TPSA) is 38.1 Å². The molecule has 3 aromatic heterocycles. The molecule has 3 aromatic rings. The van der Waals surface area contributed by atoms with Gasteiger partial charge in [-0.15, -0.1) is 11.3 Å². The third kappa shape index (κ3) is 1.99. The normalized spacial score (nSPS) is 10.9. The number of nitrogens with one attached hydrogen (secondary N) is 1. The van der Waals surface area contributed by atoms with E-state index >= 15 is 0 Å². The van der Waals surface area contributed by atoms with Crippen LogP contribution in [-0.4, -0.2) is 4.98 Å². The van der Waals surface area contributed by atoms with Crippen LogP contribution in [0.3, 0.4) is 0 Å². The Morgan fingerprint density at radius 1 is 1.33 bits per heavy atom. The van der Waals surface area contributed by atoms with Crippen LogP contribution in [0.2, 0.25) is 0 Å². The SMILES string of the molecule is CCc1ccsc1CNc1nccc2occc12. The van der Waals surface area contributed by atoms with Crippen molar-refractivity contribution < 1.29 is 4.42 Å². The van der Waals surface area contributed by atoms with Gasteiger partial charge in [-0.05, 0) is 35.6 Å². The number of furan rings is 1. The van der Waals surface area contributed by atoms with E-state index in [0.29, 0.717) is 0 Å². The van der Waals surface area contributed by atoms with E-state index in [1.54, 1.807) is 23.8 Å². The van der Waals surface area contributed by atoms with Gasteiger partial charge in [-0.25, -0.2) is 4.98 Å². The predicted molar refractivity (Wildman–Crippen MR) is 75.0 cm³/mol. The van der Waals surface area contributed by atoms with Crippen LogP contribution in [0, 0.1) is 0 Å². The van der Waals surface area contributed by atoms with Gasteiger partial charge >= 0.3 is 0 Å². The number of fused-ring (bicyclic) bond motifs is 1. The van der Waals surface area contributed by atoms with E-state index in [4.69, 9.17) is 4.42 Å². The van der Waals surface area contributed by atoms with Crippen LogP contribution in [0.25, 0.3) is 11.0 Å². The Morgan fingerprint density at radius 3 is 3.17 bits per heavy atom. The van der Waals surface area contributed by atoms with Gasteiger partial charge in [-0.3, -0.25) is 0 Å². The van der Waals surface area contributed by atoms with E-state index < -0.39 is 0 Å². The molecular weight excluding hydrogens is 244 g/mol. The maximum absolute atomic E-state index is 5.36. The lowest BCUT2D eigenvalue weighted by Gasteiger charge is -2.06. The number of pyridine rings is 1. The molecule has 0 saturated carbocycles. The minimum absolute atomic E-state index is 0.818. The molecular formula is C14H14N2OS. The van der Waals surface area contributed by atoms with Gasteiger partial charge in [0.1, 0.15) is 11.4 Å². The molecule has 0 amide bonds. The number of thiophene rings is 1. The summed E-state index contributed by atoms with van der Waals surface area (Å²) >= 11 is 1.79. The van der Waals surface area contributed by atoms with Crippen LogP contribution in [-0.2, 0) is 13.0 Å². The van der Waals surface area contributed by atoms with Crippen LogP contribution in [0.4, 0.5) is 5.82 Å². The fourth-order valence-corrected chi connectivity index (χ4v) is 2.95. The standard InChI is InChI=1S/C14H14N2OS/c1-2-10-5-8-18-13(10)9-16-14-11-4-7-17-12(11)3-6-15-14/h3-8H,2,9H2,1H3,(H,15,16). The molecule has 1 N–H and O–H groups in total. The van der Waals surface area contributed by atoms with Gasteiger partial charge < -0.3 is 9.73 Å². The Balaban J connectivity index is 1.83. The number of hydrogen-bond donors (Lipinski definition) is 1. The van der Waals surface area contributed by atoms with Crippen molar-refractivity contribution in [3.05, 3.63) is 46.5 Å². The maximum Gasteiger partial charge on any atom is 0.139 e. The highest BCUT2D eigenvalue weighted by Crippen LogP contribution is 2.24. The number of aromatic nitrogens is 1. The number of nitrogens with zero attached hydrogens (tertiary/aromatic N) is 1. The van der Waals surface area contributed by atoms with Crippen molar-refractivity contribution in [1.29, 1.82) is 0 Å². The third-order valence-electron chi connectivity index (χ3n) is 3.01. The lowest BCUT2D eigenvalue weighted by molar-refractivity contribution is 0.615. The summed E-state index contributed by atoms with van der Waals surface area (Å²) in [6.45, 7) is 3.00. The largest absolute Gasteiger partial charge is 0.464 e. The molecule has 3 nitrogen and oxygen atoms in total. The molecule has 0 fully saturated rings. The summed E-state index contributed by atoms with van der Waals surface area (Å²) in [5.74, 6) is 0.886. The van der Waals surface area contributed by atoms with E-state index in [-0.39, 0.29) is 0 Å². The molecule has 92 valence electrons. The summed E-state index contributed by atoms with van der Waals surface area (Å²) < 4.78 is 5.36. The van der Waals surface area contributed by atoms with Crippen molar-refractivity contribution in [3.63, 3.8) is 0 Å². The van der Waals surface area contributed by atoms with E-state index in [2.05, 4.69) is 28.7 Å². The van der Waals surface area contributed by atoms with Crippen molar-refractivity contribution in [2.24, 2.45) is 0 Å². The van der Waals surface area contributed by atoms with Crippen molar-refractivity contribution in [2.45, 2.75) is 19.9 Å². The van der Waals surface area contributed by atoms with Crippen molar-refractivity contribution >= 4 is 28.1 Å². The van der Waals surface area contributed by atoms with Gasteiger partial charge in [0.25, 0.3) is 0 Å². The fraction of sp³-hybridized carbons (Fsp3) is 0.214. The van der Waals surface area contributed by atoms with Crippen LogP contribution in [0.15, 0.2) is 40.5 Å². The predicted octanol–water partition coefficient (Wildman–Crippen LogP) is 4.06. The first kappa shape index (κ1) is 11.3. The molecule has 0 spiro atoms. The van der Waals surface area contributed by atoms with Gasteiger partial charge in [0.15, 0.2) is 0 Å². The Hall–Kier alpha value is -1.81. The van der Waals surface area contributed by atoms with Crippen LogP contribution >= 0.6 is 11.3 Å². The van der Waals surface area contributed by atoms with Gasteiger partial charge in [0, 0.05) is 11.1 Å². The lowest BCUT2D eigenvalue weighted by Crippen LogP contribution is -2.01. The monoisotopic (exact) mass is 258 g/mol. The zero-order chi connectivity index (χ0) is 12.4. The van der Waals surface area contributed by atoms with Crippen LogP contribution < -0.4 is 5.32 Å². The van der Waals surface area contributed by atoms with E-state index in [9.17, 15) is 0 Å². The van der Waals surface area contributed by atoms with E-state index in [1.807, 2.05) is 12.1 Å². The first-order valence-electron chi connectivity index (χ1n) is 6.00. The van der Waals surface area contributed by atoms with E-state index in [0.717, 1.165) is 29.8 Å². The molecule has 0 unspecified atom stereocenters. The second-order valence-corrected chi connectivity index (χ2v) is 5.07. The van der Waals surface area contributed by atoms with E-state index in [1.165, 1.54) is 10.4 Å². The summed E-state index contributed by atoms with van der Waals surface area (Å²) in [6.07, 6.45) is 4.54. The maximum atomic E-state index is 5.36. The summed E-state index contributed by atoms with van der Waals surface area (Å²) in [5.41, 5.74) is 2.28. The fourth-order valence-electron chi connectivity index (χ4n) is 2.04. The summed E-state index contributed by atoms with van der Waals surface area (Å²) in [6, 6.07) is 6.01. The third-order valence-corrected chi connectivity index (χ3v) is 3.98. The summed E-state index contributed by atoms with van der Waals surface area (Å²) in [7, 11) is 0. The average molecular weight is 258 g/mol. The number of aryl methyl sites for hydroxylation is 1. The summed E-state index contributed by atoms with van der Waals surface area (Å²) in [5, 5.41) is 6.57. The van der Waals surface area contributed by atoms with Gasteiger partial charge in [-0.2, -0.15) is 0 Å². The molecule has 4 heteroatoms. The molecule has 0 aliphatic rings. The second-order valence-electron chi connectivity index (χ2n) is 4.07. The van der Waals surface area contributed by atoms with Crippen molar-refractivity contribution in [3.8, 4) is 0 Å². The number of hydrogen-bond acceptors (Lipinski definition) is 4. The minimum Gasteiger partial charge on any atom is -0.464 e. The second kappa shape index (κ2) is 4.82. The quantitative estimate of drug-likeness (QED) is 0.766. The Labute approximate surface area is 109 Å². The Kier molecular flexibility index (Phi) is 3.02. The van der Waals surface area contributed by atoms with Crippen LogP contribution in [0.1, 0.15) is 17.4 Å². The van der Waals surface area contributed by atoms with Gasteiger partial charge in [0.05, 0.1) is 18.2 Å².